The summed E-state index contributed by atoms with van der Waals surface area (Å²) in [6.45, 7) is 3.48. The first-order valence-corrected chi connectivity index (χ1v) is 11.5. The van der Waals surface area contributed by atoms with Gasteiger partial charge in [0.05, 0.1) is 35.3 Å². The number of nitrogens with zero attached hydrogens (tertiary/aromatic N) is 4. The second-order valence-corrected chi connectivity index (χ2v) is 10.2. The molecule has 0 aromatic carbocycles. The maximum atomic E-state index is 12.9. The molecule has 0 aliphatic heterocycles. The maximum absolute atomic E-state index is 12.9. The summed E-state index contributed by atoms with van der Waals surface area (Å²) in [5, 5.41) is 24.9. The van der Waals surface area contributed by atoms with Crippen LogP contribution in [-0.4, -0.2) is 61.1 Å². The van der Waals surface area contributed by atoms with Crippen LogP contribution < -0.4 is 20.5 Å². The molecule has 2 aliphatic carbocycles. The number of nitrogens with one attached hydrogen (secondary N) is 1. The van der Waals surface area contributed by atoms with Crippen LogP contribution in [0.5, 0.6) is 11.6 Å². The van der Waals surface area contributed by atoms with E-state index in [4.69, 9.17) is 15.2 Å². The Morgan fingerprint density at radius 2 is 2.00 bits per heavy atom. The van der Waals surface area contributed by atoms with E-state index in [0.717, 1.165) is 25.7 Å². The van der Waals surface area contributed by atoms with Crippen molar-refractivity contribution in [2.24, 2.45) is 11.1 Å². The Morgan fingerprint density at radius 1 is 1.23 bits per heavy atom. The molecule has 3 aromatic heterocycles. The number of nitrogens with two attached hydrogens (primary N) is 1. The third-order valence-corrected chi connectivity index (χ3v) is 6.57. The lowest BCUT2D eigenvalue weighted by Crippen LogP contribution is -2.58. The van der Waals surface area contributed by atoms with Gasteiger partial charge in [-0.15, -0.1) is 5.10 Å². The zero-order valence-electron chi connectivity index (χ0n) is 19.6. The molecule has 0 unspecified atom stereocenters. The van der Waals surface area contributed by atoms with Crippen molar-refractivity contribution in [2.75, 3.05) is 6.61 Å². The number of fused-ring (bicyclic) bond motifs is 1. The van der Waals surface area contributed by atoms with E-state index >= 15 is 0 Å². The van der Waals surface area contributed by atoms with Gasteiger partial charge in [-0.3, -0.25) is 9.59 Å². The van der Waals surface area contributed by atoms with Crippen molar-refractivity contribution in [2.45, 2.75) is 57.3 Å². The van der Waals surface area contributed by atoms with Gasteiger partial charge in [-0.25, -0.2) is 4.52 Å². The molecule has 0 saturated heterocycles. The summed E-state index contributed by atoms with van der Waals surface area (Å²) in [5.41, 5.74) is 5.97. The lowest BCUT2D eigenvalue weighted by molar-refractivity contribution is -0.0850. The lowest BCUT2D eigenvalue weighted by Gasteiger charge is -2.57. The summed E-state index contributed by atoms with van der Waals surface area (Å²) in [5.74, 6) is -0.0313. The van der Waals surface area contributed by atoms with Gasteiger partial charge in [-0.05, 0) is 63.1 Å². The zero-order chi connectivity index (χ0) is 24.8. The largest absolute Gasteiger partial charge is 0.489 e. The molecule has 35 heavy (non-hydrogen) atoms. The summed E-state index contributed by atoms with van der Waals surface area (Å²) in [7, 11) is 0. The second-order valence-electron chi connectivity index (χ2n) is 10.2. The number of carbonyl (C=O) groups is 2. The molecule has 11 heteroatoms. The van der Waals surface area contributed by atoms with E-state index in [1.165, 1.54) is 12.3 Å². The number of aromatic nitrogens is 4. The summed E-state index contributed by atoms with van der Waals surface area (Å²) in [4.78, 5) is 24.4. The van der Waals surface area contributed by atoms with Crippen molar-refractivity contribution >= 4 is 17.3 Å². The molecule has 184 valence electrons. The zero-order valence-corrected chi connectivity index (χ0v) is 19.6. The van der Waals surface area contributed by atoms with Crippen LogP contribution in [0.1, 0.15) is 60.2 Å². The maximum Gasteiger partial charge on any atom is 0.255 e. The summed E-state index contributed by atoms with van der Waals surface area (Å²) in [6.07, 6.45) is 7.99. The van der Waals surface area contributed by atoms with Crippen molar-refractivity contribution in [3.05, 3.63) is 47.9 Å². The Hall–Kier alpha value is -3.73. The van der Waals surface area contributed by atoms with Crippen LogP contribution in [0.2, 0.25) is 0 Å². The van der Waals surface area contributed by atoms with E-state index in [0.29, 0.717) is 16.8 Å². The van der Waals surface area contributed by atoms with Crippen molar-refractivity contribution < 1.29 is 24.2 Å². The Balaban J connectivity index is 1.13. The predicted molar refractivity (Wildman–Crippen MR) is 124 cm³/mol. The molecule has 2 amide bonds. The van der Waals surface area contributed by atoms with E-state index in [9.17, 15) is 14.7 Å². The molecule has 3 aromatic rings. The molecule has 0 radical (unpaired) electrons. The third kappa shape index (κ3) is 4.76. The average molecular weight is 481 g/mol. The molecule has 2 fully saturated rings. The molecule has 0 atom stereocenters. The Kier molecular flexibility index (Phi) is 5.59. The molecular formula is C24H28N6O5. The molecular weight excluding hydrogens is 452 g/mol. The summed E-state index contributed by atoms with van der Waals surface area (Å²) < 4.78 is 13.0. The number of rotatable bonds is 8. The highest BCUT2D eigenvalue weighted by atomic mass is 16.5. The SMILES string of the molecule is CC(C)(O)COc1ccc2c(C(=O)N[C@H]3CC4(C3)C[C@H](Oc3nnccc3C(N)=O)C4)cnn2c1. The molecule has 2 saturated carbocycles. The smallest absolute Gasteiger partial charge is 0.255 e. The minimum absolute atomic E-state index is 0.0473. The van der Waals surface area contributed by atoms with Crippen molar-refractivity contribution in [3.63, 3.8) is 0 Å². The molecule has 5 rings (SSSR count). The van der Waals surface area contributed by atoms with Gasteiger partial charge in [0.25, 0.3) is 11.8 Å². The van der Waals surface area contributed by atoms with Crippen LogP contribution in [0, 0.1) is 5.41 Å². The number of carbonyl (C=O) groups excluding carboxylic acids is 2. The van der Waals surface area contributed by atoms with E-state index in [2.05, 4.69) is 20.6 Å². The Morgan fingerprint density at radius 3 is 2.71 bits per heavy atom. The minimum atomic E-state index is -0.946. The predicted octanol–water partition coefficient (Wildman–Crippen LogP) is 1.49. The lowest BCUT2D eigenvalue weighted by atomic mass is 9.53. The van der Waals surface area contributed by atoms with Gasteiger partial charge < -0.3 is 25.6 Å². The minimum Gasteiger partial charge on any atom is -0.489 e. The van der Waals surface area contributed by atoms with E-state index in [-0.39, 0.29) is 41.5 Å². The average Bonchev–Trinajstić information content (AvgIpc) is 3.17. The van der Waals surface area contributed by atoms with Gasteiger partial charge in [0.2, 0.25) is 5.88 Å². The van der Waals surface area contributed by atoms with Gasteiger partial charge in [-0.1, -0.05) is 0 Å². The molecule has 0 bridgehead atoms. The van der Waals surface area contributed by atoms with E-state index in [1.807, 2.05) is 0 Å². The highest BCUT2D eigenvalue weighted by Gasteiger charge is 2.54. The van der Waals surface area contributed by atoms with Crippen LogP contribution in [-0.2, 0) is 0 Å². The quantitative estimate of drug-likeness (QED) is 0.438. The van der Waals surface area contributed by atoms with Gasteiger partial charge in [0, 0.05) is 6.04 Å². The highest BCUT2D eigenvalue weighted by Crippen LogP contribution is 2.56. The molecule has 11 nitrogen and oxygen atoms in total. The number of ether oxygens (including phenoxy) is 2. The second kappa shape index (κ2) is 8.49. The Labute approximate surface area is 201 Å². The van der Waals surface area contributed by atoms with Crippen LogP contribution in [0.4, 0.5) is 0 Å². The van der Waals surface area contributed by atoms with E-state index < -0.39 is 11.5 Å². The first kappa shape index (κ1) is 23.0. The fourth-order valence-electron chi connectivity index (χ4n) is 4.91. The summed E-state index contributed by atoms with van der Waals surface area (Å²) >= 11 is 0. The van der Waals surface area contributed by atoms with Gasteiger partial charge in [-0.2, -0.15) is 10.2 Å². The molecule has 4 N–H and O–H groups in total. The first-order valence-electron chi connectivity index (χ1n) is 11.5. The van der Waals surface area contributed by atoms with Gasteiger partial charge in [0.1, 0.15) is 24.0 Å². The third-order valence-electron chi connectivity index (χ3n) is 6.57. The molecule has 2 aliphatic rings. The standard InChI is InChI=1S/C24H28N6O5/c1-23(2,33)13-34-15-3-4-19-18(11-27-30(19)12-15)21(32)28-14-7-24(8-14)9-16(10-24)35-22-17(20(25)31)5-6-26-29-22/h3-6,11-12,14,16,33H,7-10,13H2,1-2H3,(H2,25,31)(H,28,32)/t14-,16-,24?. The fourth-order valence-corrected chi connectivity index (χ4v) is 4.91. The topological polar surface area (TPSA) is 154 Å². The van der Waals surface area contributed by atoms with Crippen LogP contribution in [0.15, 0.2) is 36.8 Å². The van der Waals surface area contributed by atoms with Crippen LogP contribution >= 0.6 is 0 Å². The van der Waals surface area contributed by atoms with Crippen molar-refractivity contribution in [3.8, 4) is 11.6 Å². The van der Waals surface area contributed by atoms with Crippen LogP contribution in [0.25, 0.3) is 5.52 Å². The van der Waals surface area contributed by atoms with Crippen molar-refractivity contribution in [1.29, 1.82) is 0 Å². The first-order chi connectivity index (χ1) is 16.6. The monoisotopic (exact) mass is 480 g/mol. The number of aliphatic hydroxyl groups is 1. The number of primary amides is 1. The normalized spacial score (nSPS) is 23.4. The van der Waals surface area contributed by atoms with Crippen molar-refractivity contribution in [1.82, 2.24) is 25.1 Å². The highest BCUT2D eigenvalue weighted by molar-refractivity contribution is 6.00. The van der Waals surface area contributed by atoms with E-state index in [1.54, 1.807) is 42.9 Å². The number of hydrogen-bond donors (Lipinski definition) is 3. The Bertz CT molecular complexity index is 1270. The number of pyridine rings is 1. The molecule has 1 spiro atoms. The van der Waals surface area contributed by atoms with Crippen LogP contribution in [0.3, 0.4) is 0 Å². The summed E-state index contributed by atoms with van der Waals surface area (Å²) in [6, 6.07) is 5.13. The molecule has 3 heterocycles. The number of amides is 2. The fraction of sp³-hybridized carbons (Fsp3) is 0.458. The van der Waals surface area contributed by atoms with Gasteiger partial charge >= 0.3 is 0 Å². The number of hydrogen-bond acceptors (Lipinski definition) is 8. The van der Waals surface area contributed by atoms with Gasteiger partial charge in [0.15, 0.2) is 0 Å².